The molecule has 12 heavy (non-hydrogen) atoms. The summed E-state index contributed by atoms with van der Waals surface area (Å²) < 4.78 is 0. The number of carbonyl (C=O) groups is 1. The van der Waals surface area contributed by atoms with Crippen molar-refractivity contribution in [3.8, 4) is 0 Å². The van der Waals surface area contributed by atoms with Crippen LogP contribution in [-0.4, -0.2) is 29.3 Å². The van der Waals surface area contributed by atoms with Gasteiger partial charge in [-0.05, 0) is 31.8 Å². The SMILES string of the molecule is CSCCCCNC(=O)C(C)Br. The zero-order valence-electron chi connectivity index (χ0n) is 7.60. The molecule has 0 rings (SSSR count). The number of alkyl halides is 1. The molecular weight excluding hydrogens is 238 g/mol. The lowest BCUT2D eigenvalue weighted by molar-refractivity contribution is -0.120. The van der Waals surface area contributed by atoms with E-state index in [1.807, 2.05) is 18.7 Å². The third kappa shape index (κ3) is 6.98. The Bertz CT molecular complexity index is 130. The predicted octanol–water partition coefficient (Wildman–Crippen LogP) is 2.03. The van der Waals surface area contributed by atoms with Gasteiger partial charge in [0.15, 0.2) is 0 Å². The van der Waals surface area contributed by atoms with Crippen LogP contribution in [0.5, 0.6) is 0 Å². The van der Waals surface area contributed by atoms with Crippen LogP contribution < -0.4 is 5.32 Å². The van der Waals surface area contributed by atoms with Crippen LogP contribution in [0.4, 0.5) is 0 Å². The molecule has 0 aliphatic carbocycles. The van der Waals surface area contributed by atoms with E-state index < -0.39 is 0 Å². The second-order valence-corrected chi connectivity index (χ2v) is 4.97. The van der Waals surface area contributed by atoms with Crippen molar-refractivity contribution < 1.29 is 4.79 Å². The lowest BCUT2D eigenvalue weighted by Gasteiger charge is -2.05. The number of thioether (sulfide) groups is 1. The van der Waals surface area contributed by atoms with Gasteiger partial charge in [0.05, 0.1) is 4.83 Å². The summed E-state index contributed by atoms with van der Waals surface area (Å²) in [7, 11) is 0. The minimum absolute atomic E-state index is 0.0712. The Labute approximate surface area is 87.0 Å². The summed E-state index contributed by atoms with van der Waals surface area (Å²) in [5.41, 5.74) is 0. The molecule has 0 saturated carbocycles. The average Bonchev–Trinajstić information content (AvgIpc) is 2.03. The van der Waals surface area contributed by atoms with Crippen molar-refractivity contribution >= 4 is 33.6 Å². The Kier molecular flexibility index (Phi) is 8.12. The smallest absolute Gasteiger partial charge is 0.233 e. The van der Waals surface area contributed by atoms with Crippen molar-refractivity contribution in [1.29, 1.82) is 0 Å². The van der Waals surface area contributed by atoms with Gasteiger partial charge in [-0.25, -0.2) is 0 Å². The lowest BCUT2D eigenvalue weighted by atomic mass is 10.3. The lowest BCUT2D eigenvalue weighted by Crippen LogP contribution is -2.30. The normalized spacial score (nSPS) is 12.6. The standard InChI is InChI=1S/C8H16BrNOS/c1-7(9)8(11)10-5-3-4-6-12-2/h7H,3-6H2,1-2H3,(H,10,11). The number of hydrogen-bond acceptors (Lipinski definition) is 2. The minimum atomic E-state index is -0.0712. The molecule has 0 aromatic heterocycles. The highest BCUT2D eigenvalue weighted by atomic mass is 79.9. The Morgan fingerprint density at radius 3 is 2.75 bits per heavy atom. The maximum Gasteiger partial charge on any atom is 0.233 e. The summed E-state index contributed by atoms with van der Waals surface area (Å²) >= 11 is 5.05. The second-order valence-electron chi connectivity index (χ2n) is 2.61. The van der Waals surface area contributed by atoms with Gasteiger partial charge in [-0.2, -0.15) is 11.8 Å². The summed E-state index contributed by atoms with van der Waals surface area (Å²) in [4.78, 5) is 10.9. The Morgan fingerprint density at radius 1 is 1.58 bits per heavy atom. The van der Waals surface area contributed by atoms with E-state index >= 15 is 0 Å². The fourth-order valence-electron chi connectivity index (χ4n) is 0.724. The largest absolute Gasteiger partial charge is 0.355 e. The molecule has 0 spiro atoms. The van der Waals surface area contributed by atoms with Gasteiger partial charge in [0.25, 0.3) is 0 Å². The maximum atomic E-state index is 11.0. The molecule has 0 aromatic carbocycles. The van der Waals surface area contributed by atoms with Crippen LogP contribution in [0.2, 0.25) is 0 Å². The van der Waals surface area contributed by atoms with Crippen LogP contribution in [0.25, 0.3) is 0 Å². The first-order chi connectivity index (χ1) is 5.68. The highest BCUT2D eigenvalue weighted by molar-refractivity contribution is 9.10. The molecule has 1 atom stereocenters. The fraction of sp³-hybridized carbons (Fsp3) is 0.875. The van der Waals surface area contributed by atoms with Crippen molar-refractivity contribution in [1.82, 2.24) is 5.32 Å². The molecule has 4 heteroatoms. The van der Waals surface area contributed by atoms with E-state index in [9.17, 15) is 4.79 Å². The topological polar surface area (TPSA) is 29.1 Å². The zero-order chi connectivity index (χ0) is 9.40. The zero-order valence-corrected chi connectivity index (χ0v) is 10.0. The number of rotatable bonds is 6. The number of nitrogens with one attached hydrogen (secondary N) is 1. The van der Waals surface area contributed by atoms with E-state index in [2.05, 4.69) is 27.5 Å². The molecule has 0 fully saturated rings. The molecule has 0 radical (unpaired) electrons. The number of carbonyl (C=O) groups excluding carboxylic acids is 1. The highest BCUT2D eigenvalue weighted by Gasteiger charge is 2.05. The van der Waals surface area contributed by atoms with Gasteiger partial charge < -0.3 is 5.32 Å². The van der Waals surface area contributed by atoms with E-state index in [1.54, 1.807) is 0 Å². The quantitative estimate of drug-likeness (QED) is 0.580. The molecule has 2 nitrogen and oxygen atoms in total. The molecular formula is C8H16BrNOS. The monoisotopic (exact) mass is 253 g/mol. The molecule has 0 aromatic rings. The maximum absolute atomic E-state index is 11.0. The van der Waals surface area contributed by atoms with Gasteiger partial charge in [0.2, 0.25) is 5.91 Å². The van der Waals surface area contributed by atoms with Crippen LogP contribution in [0.3, 0.4) is 0 Å². The van der Waals surface area contributed by atoms with Crippen LogP contribution in [0.15, 0.2) is 0 Å². The van der Waals surface area contributed by atoms with Crippen molar-refractivity contribution in [2.24, 2.45) is 0 Å². The summed E-state index contributed by atoms with van der Waals surface area (Å²) in [6, 6.07) is 0. The van der Waals surface area contributed by atoms with E-state index in [1.165, 1.54) is 12.2 Å². The number of hydrogen-bond donors (Lipinski definition) is 1. The summed E-state index contributed by atoms with van der Waals surface area (Å²) in [5.74, 6) is 1.26. The Balaban J connectivity index is 3.14. The summed E-state index contributed by atoms with van der Waals surface area (Å²) in [5, 5.41) is 2.85. The fourth-order valence-corrected chi connectivity index (χ4v) is 1.38. The van der Waals surface area contributed by atoms with Crippen molar-refractivity contribution in [2.75, 3.05) is 18.6 Å². The molecule has 72 valence electrons. The van der Waals surface area contributed by atoms with Gasteiger partial charge in [0, 0.05) is 6.54 Å². The predicted molar refractivity (Wildman–Crippen MR) is 59.0 cm³/mol. The van der Waals surface area contributed by atoms with Crippen LogP contribution in [-0.2, 0) is 4.79 Å². The van der Waals surface area contributed by atoms with Crippen molar-refractivity contribution in [3.05, 3.63) is 0 Å². The Hall–Kier alpha value is 0.300. The molecule has 1 amide bonds. The average molecular weight is 254 g/mol. The van der Waals surface area contributed by atoms with E-state index in [-0.39, 0.29) is 10.7 Å². The first kappa shape index (κ1) is 12.3. The molecule has 0 aliphatic rings. The van der Waals surface area contributed by atoms with E-state index in [0.717, 1.165) is 13.0 Å². The van der Waals surface area contributed by atoms with E-state index in [0.29, 0.717) is 0 Å². The molecule has 0 saturated heterocycles. The summed E-state index contributed by atoms with van der Waals surface area (Å²) in [6.45, 7) is 2.63. The minimum Gasteiger partial charge on any atom is -0.355 e. The van der Waals surface area contributed by atoms with Crippen LogP contribution in [0, 0.1) is 0 Å². The van der Waals surface area contributed by atoms with Crippen LogP contribution >= 0.6 is 27.7 Å². The van der Waals surface area contributed by atoms with Crippen molar-refractivity contribution in [2.45, 2.75) is 24.6 Å². The third-order valence-corrected chi connectivity index (χ3v) is 2.55. The number of halogens is 1. The van der Waals surface area contributed by atoms with Gasteiger partial charge in [-0.3, -0.25) is 4.79 Å². The summed E-state index contributed by atoms with van der Waals surface area (Å²) in [6.07, 6.45) is 4.35. The van der Waals surface area contributed by atoms with Gasteiger partial charge in [-0.1, -0.05) is 15.9 Å². The second kappa shape index (κ2) is 7.92. The van der Waals surface area contributed by atoms with Crippen molar-refractivity contribution in [3.63, 3.8) is 0 Å². The highest BCUT2D eigenvalue weighted by Crippen LogP contribution is 1.99. The third-order valence-electron chi connectivity index (χ3n) is 1.44. The molecule has 0 aliphatic heterocycles. The molecule has 0 heterocycles. The first-order valence-corrected chi connectivity index (χ1v) is 6.40. The van der Waals surface area contributed by atoms with Crippen LogP contribution in [0.1, 0.15) is 19.8 Å². The number of amides is 1. The molecule has 0 bridgehead atoms. The van der Waals surface area contributed by atoms with E-state index in [4.69, 9.17) is 0 Å². The van der Waals surface area contributed by atoms with Gasteiger partial charge in [0.1, 0.15) is 0 Å². The first-order valence-electron chi connectivity index (χ1n) is 4.09. The number of unbranched alkanes of at least 4 members (excludes halogenated alkanes) is 1. The Morgan fingerprint density at radius 2 is 2.25 bits per heavy atom. The molecule has 1 N–H and O–H groups in total. The van der Waals surface area contributed by atoms with Gasteiger partial charge in [-0.15, -0.1) is 0 Å². The molecule has 1 unspecified atom stereocenters. The van der Waals surface area contributed by atoms with Gasteiger partial charge >= 0.3 is 0 Å².